The zero-order valence-electron chi connectivity index (χ0n) is 20.1. The zero-order chi connectivity index (χ0) is 24.6. The first-order valence-corrected chi connectivity index (χ1v) is 13.6. The van der Waals surface area contributed by atoms with Crippen LogP contribution in [-0.2, 0) is 14.8 Å². The highest BCUT2D eigenvalue weighted by Gasteiger charge is 2.35. The molecule has 0 spiro atoms. The maximum atomic E-state index is 13.5. The van der Waals surface area contributed by atoms with Crippen LogP contribution in [0.1, 0.15) is 54.5 Å². The van der Waals surface area contributed by atoms with Crippen LogP contribution in [0.4, 0.5) is 5.69 Å². The number of amides is 1. The van der Waals surface area contributed by atoms with E-state index in [1.54, 1.807) is 13.0 Å². The van der Waals surface area contributed by atoms with Gasteiger partial charge < -0.3 is 9.84 Å². The highest BCUT2D eigenvalue weighted by molar-refractivity contribution is 7.89. The van der Waals surface area contributed by atoms with Gasteiger partial charge in [-0.1, -0.05) is 36.7 Å². The van der Waals surface area contributed by atoms with Gasteiger partial charge in [0.15, 0.2) is 0 Å². The third-order valence-corrected chi connectivity index (χ3v) is 9.21. The lowest BCUT2D eigenvalue weighted by Crippen LogP contribution is -2.43. The van der Waals surface area contributed by atoms with E-state index in [4.69, 9.17) is 4.52 Å². The van der Waals surface area contributed by atoms with E-state index >= 15 is 0 Å². The lowest BCUT2D eigenvalue weighted by atomic mass is 9.98. The molecule has 1 aliphatic rings. The summed E-state index contributed by atoms with van der Waals surface area (Å²) in [5.74, 6) is 0.434. The molecule has 0 unspecified atom stereocenters. The average molecular weight is 503 g/mol. The van der Waals surface area contributed by atoms with Crippen LogP contribution in [0.2, 0.25) is 0 Å². The molecule has 3 aromatic rings. The normalized spacial score (nSPS) is 17.3. The first kappa shape index (κ1) is 24.6. The highest BCUT2D eigenvalue weighted by Crippen LogP contribution is 2.35. The third-order valence-electron chi connectivity index (χ3n) is 6.04. The van der Waals surface area contributed by atoms with E-state index in [-0.39, 0.29) is 23.3 Å². The molecule has 3 heterocycles. The van der Waals surface area contributed by atoms with E-state index in [0.717, 1.165) is 16.8 Å². The van der Waals surface area contributed by atoms with Gasteiger partial charge in [-0.25, -0.2) is 8.42 Å². The Morgan fingerprint density at radius 2 is 2.00 bits per heavy atom. The van der Waals surface area contributed by atoms with Crippen molar-refractivity contribution in [3.8, 4) is 10.7 Å². The Bertz CT molecular complexity index is 1310. The summed E-state index contributed by atoms with van der Waals surface area (Å²) in [6, 6.07) is 7.46. The highest BCUT2D eigenvalue weighted by atomic mass is 32.2. The van der Waals surface area contributed by atoms with Crippen molar-refractivity contribution in [3.63, 3.8) is 0 Å². The Labute approximate surface area is 204 Å². The number of hydrogen-bond donors (Lipinski definition) is 1. The van der Waals surface area contributed by atoms with E-state index in [1.807, 2.05) is 45.9 Å². The Hall–Kier alpha value is -2.56. The number of benzene rings is 1. The predicted molar refractivity (Wildman–Crippen MR) is 132 cm³/mol. The van der Waals surface area contributed by atoms with Gasteiger partial charge in [0.05, 0.1) is 15.7 Å². The number of nitrogens with one attached hydrogen (secondary N) is 1. The van der Waals surface area contributed by atoms with Crippen molar-refractivity contribution in [2.45, 2.75) is 58.3 Å². The molecule has 0 radical (unpaired) electrons. The summed E-state index contributed by atoms with van der Waals surface area (Å²) in [7, 11) is -3.76. The SMILES string of the molecule is Cc1ccc(NC(=O)[C@H]2CCCN(S(=O)(=O)c3cc(-c4noc(C(C)C)n4)sc3C)C2)c(C)c1. The molecule has 1 N–H and O–H groups in total. The second-order valence-electron chi connectivity index (χ2n) is 9.15. The Kier molecular flexibility index (Phi) is 6.93. The molecule has 1 amide bonds. The number of hydrogen-bond acceptors (Lipinski definition) is 7. The molecule has 1 saturated heterocycles. The predicted octanol–water partition coefficient (Wildman–Crippen LogP) is 4.89. The molecule has 0 aliphatic carbocycles. The molecule has 0 saturated carbocycles. The molecular weight excluding hydrogens is 472 g/mol. The summed E-state index contributed by atoms with van der Waals surface area (Å²) < 4.78 is 33.7. The number of nitrogens with zero attached hydrogens (tertiary/aromatic N) is 3. The van der Waals surface area contributed by atoms with Gasteiger partial charge in [-0.15, -0.1) is 11.3 Å². The topological polar surface area (TPSA) is 105 Å². The van der Waals surface area contributed by atoms with Crippen molar-refractivity contribution in [2.75, 3.05) is 18.4 Å². The summed E-state index contributed by atoms with van der Waals surface area (Å²) in [4.78, 5) is 18.9. The Morgan fingerprint density at radius 3 is 2.68 bits per heavy atom. The molecule has 182 valence electrons. The minimum atomic E-state index is -3.76. The van der Waals surface area contributed by atoms with Crippen molar-refractivity contribution < 1.29 is 17.7 Å². The van der Waals surface area contributed by atoms with Crippen LogP contribution in [-0.4, -0.2) is 41.9 Å². The van der Waals surface area contributed by atoms with Gasteiger partial charge in [-0.2, -0.15) is 9.29 Å². The van der Waals surface area contributed by atoms with Crippen molar-refractivity contribution >= 4 is 33.0 Å². The van der Waals surface area contributed by atoms with Gasteiger partial charge in [0.2, 0.25) is 27.6 Å². The van der Waals surface area contributed by atoms with Crippen molar-refractivity contribution in [3.05, 3.63) is 46.2 Å². The Morgan fingerprint density at radius 1 is 1.24 bits per heavy atom. The zero-order valence-corrected chi connectivity index (χ0v) is 21.7. The van der Waals surface area contributed by atoms with Gasteiger partial charge in [0.1, 0.15) is 0 Å². The lowest BCUT2D eigenvalue weighted by molar-refractivity contribution is -0.120. The van der Waals surface area contributed by atoms with Crippen LogP contribution in [0.3, 0.4) is 0 Å². The number of carbonyl (C=O) groups is 1. The molecule has 1 fully saturated rings. The first-order valence-electron chi connectivity index (χ1n) is 11.4. The van der Waals surface area contributed by atoms with E-state index in [0.29, 0.717) is 40.9 Å². The number of aryl methyl sites for hydroxylation is 3. The molecule has 1 aliphatic heterocycles. The molecular formula is C24H30N4O4S2. The molecule has 1 atom stereocenters. The quantitative estimate of drug-likeness (QED) is 0.515. The minimum absolute atomic E-state index is 0.0886. The van der Waals surface area contributed by atoms with Crippen molar-refractivity contribution in [2.24, 2.45) is 5.92 Å². The van der Waals surface area contributed by atoms with E-state index in [9.17, 15) is 13.2 Å². The summed E-state index contributed by atoms with van der Waals surface area (Å²) in [6.45, 7) is 10.2. The van der Waals surface area contributed by atoms with Crippen molar-refractivity contribution in [1.82, 2.24) is 14.4 Å². The second-order valence-corrected chi connectivity index (χ2v) is 12.3. The molecule has 0 bridgehead atoms. The van der Waals surface area contributed by atoms with E-state index < -0.39 is 15.9 Å². The van der Waals surface area contributed by atoms with Gasteiger partial charge in [0.25, 0.3) is 0 Å². The van der Waals surface area contributed by atoms with Crippen LogP contribution >= 0.6 is 11.3 Å². The number of rotatable bonds is 6. The fourth-order valence-electron chi connectivity index (χ4n) is 4.10. The summed E-state index contributed by atoms with van der Waals surface area (Å²) in [6.07, 6.45) is 1.28. The Balaban J connectivity index is 1.52. The number of sulfonamides is 1. The van der Waals surface area contributed by atoms with Crippen LogP contribution in [0.15, 0.2) is 33.7 Å². The average Bonchev–Trinajstić information content (AvgIpc) is 3.43. The largest absolute Gasteiger partial charge is 0.339 e. The summed E-state index contributed by atoms with van der Waals surface area (Å²) in [5.41, 5.74) is 2.86. The second kappa shape index (κ2) is 9.59. The molecule has 10 heteroatoms. The molecule has 8 nitrogen and oxygen atoms in total. The van der Waals surface area contributed by atoms with Crippen LogP contribution in [0.25, 0.3) is 10.7 Å². The monoisotopic (exact) mass is 502 g/mol. The van der Waals surface area contributed by atoms with E-state index in [2.05, 4.69) is 15.5 Å². The fourth-order valence-corrected chi connectivity index (χ4v) is 7.11. The van der Waals surface area contributed by atoms with Gasteiger partial charge >= 0.3 is 0 Å². The minimum Gasteiger partial charge on any atom is -0.339 e. The maximum absolute atomic E-state index is 13.5. The van der Waals surface area contributed by atoms with Crippen molar-refractivity contribution in [1.29, 1.82) is 0 Å². The van der Waals surface area contributed by atoms with Crippen LogP contribution in [0.5, 0.6) is 0 Å². The number of anilines is 1. The molecule has 2 aromatic heterocycles. The smallest absolute Gasteiger partial charge is 0.244 e. The first-order chi connectivity index (χ1) is 16.1. The third kappa shape index (κ3) is 4.94. The number of carbonyl (C=O) groups excluding carboxylic acids is 1. The van der Waals surface area contributed by atoms with E-state index in [1.165, 1.54) is 15.6 Å². The standard InChI is InChI=1S/C24H30N4O4S2/c1-14(2)24-26-22(27-32-24)20-12-21(17(5)33-20)34(30,31)28-10-6-7-18(13-28)23(29)25-19-9-8-15(3)11-16(19)4/h8-9,11-12,14,18H,6-7,10,13H2,1-5H3,(H,25,29)/t18-/m0/s1. The summed E-state index contributed by atoms with van der Waals surface area (Å²) in [5, 5.41) is 6.99. The lowest BCUT2D eigenvalue weighted by Gasteiger charge is -2.31. The van der Waals surface area contributed by atoms with Gasteiger partial charge in [-0.05, 0) is 51.3 Å². The fraction of sp³-hybridized carbons (Fsp3) is 0.458. The molecule has 34 heavy (non-hydrogen) atoms. The van der Waals surface area contributed by atoms with Gasteiger partial charge in [0, 0.05) is 29.6 Å². The molecule has 4 rings (SSSR count). The number of thiophene rings is 1. The maximum Gasteiger partial charge on any atom is 0.244 e. The molecule has 1 aromatic carbocycles. The number of piperidine rings is 1. The van der Waals surface area contributed by atoms with Crippen LogP contribution in [0, 0.1) is 26.7 Å². The summed E-state index contributed by atoms with van der Waals surface area (Å²) >= 11 is 1.32. The number of aromatic nitrogens is 2. The van der Waals surface area contributed by atoms with Gasteiger partial charge in [-0.3, -0.25) is 4.79 Å². The van der Waals surface area contributed by atoms with Crippen LogP contribution < -0.4 is 5.32 Å².